The van der Waals surface area contributed by atoms with Crippen LogP contribution in [0.25, 0.3) is 0 Å². The summed E-state index contributed by atoms with van der Waals surface area (Å²) >= 11 is 0. The average Bonchev–Trinajstić information content (AvgIpc) is 2.91. The van der Waals surface area contributed by atoms with Crippen molar-refractivity contribution in [3.8, 4) is 5.75 Å². The van der Waals surface area contributed by atoms with Gasteiger partial charge in [-0.15, -0.1) is 0 Å². The number of amides is 1. The van der Waals surface area contributed by atoms with Gasteiger partial charge in [-0.3, -0.25) is 14.4 Å². The molecule has 1 heterocycles. The molecule has 1 amide bonds. The Morgan fingerprint density at radius 3 is 2.52 bits per heavy atom. The van der Waals surface area contributed by atoms with E-state index in [4.69, 9.17) is 4.74 Å². The number of anilines is 1. The van der Waals surface area contributed by atoms with E-state index >= 15 is 0 Å². The number of likely N-dealkylation sites (N-methyl/N-ethyl adjacent to an activating group) is 1. The molecule has 0 radical (unpaired) electrons. The number of aromatic nitrogens is 2. The van der Waals surface area contributed by atoms with E-state index in [1.807, 2.05) is 56.8 Å². The number of carbonyl (C=O) groups is 1. The van der Waals surface area contributed by atoms with Gasteiger partial charge in [-0.1, -0.05) is 6.92 Å². The molecule has 1 N–H and O–H groups in total. The Balaban J connectivity index is 1.94. The lowest BCUT2D eigenvalue weighted by Gasteiger charge is -2.26. The zero-order chi connectivity index (χ0) is 18.4. The highest BCUT2D eigenvalue weighted by molar-refractivity contribution is 5.94. The highest BCUT2D eigenvalue weighted by Gasteiger charge is 2.21. The number of nitrogens with one attached hydrogen (secondary N) is 1. The number of hydrogen-bond acceptors (Lipinski definition) is 4. The van der Waals surface area contributed by atoms with E-state index in [9.17, 15) is 4.79 Å². The molecule has 136 valence electrons. The molecule has 1 unspecified atom stereocenters. The molecule has 0 saturated heterocycles. The van der Waals surface area contributed by atoms with Crippen molar-refractivity contribution in [2.45, 2.75) is 39.8 Å². The molecule has 6 nitrogen and oxygen atoms in total. The van der Waals surface area contributed by atoms with Gasteiger partial charge in [0.1, 0.15) is 5.75 Å². The molecule has 2 aromatic rings. The van der Waals surface area contributed by atoms with Gasteiger partial charge in [0.05, 0.1) is 25.4 Å². The monoisotopic (exact) mass is 344 g/mol. The van der Waals surface area contributed by atoms with E-state index in [-0.39, 0.29) is 11.9 Å². The molecule has 0 saturated carbocycles. The van der Waals surface area contributed by atoms with E-state index in [2.05, 4.69) is 21.4 Å². The average molecular weight is 344 g/mol. The molecule has 1 atom stereocenters. The third-order valence-electron chi connectivity index (χ3n) is 4.35. The maximum absolute atomic E-state index is 12.6. The van der Waals surface area contributed by atoms with E-state index in [0.717, 1.165) is 42.3 Å². The summed E-state index contributed by atoms with van der Waals surface area (Å²) in [7, 11) is 3.60. The van der Waals surface area contributed by atoms with Gasteiger partial charge in [-0.25, -0.2) is 0 Å². The van der Waals surface area contributed by atoms with Crippen LogP contribution in [0.2, 0.25) is 0 Å². The fraction of sp³-hybridized carbons (Fsp3) is 0.474. The van der Waals surface area contributed by atoms with Crippen LogP contribution >= 0.6 is 0 Å². The normalized spacial score (nSPS) is 12.2. The molecule has 1 aromatic heterocycles. The van der Waals surface area contributed by atoms with Crippen molar-refractivity contribution >= 4 is 11.6 Å². The summed E-state index contributed by atoms with van der Waals surface area (Å²) in [5, 5.41) is 7.45. The molecular weight excluding hydrogens is 316 g/mol. The fourth-order valence-corrected chi connectivity index (χ4v) is 2.91. The number of methoxy groups -OCH3 is 1. The minimum absolute atomic E-state index is 0.00327. The second kappa shape index (κ2) is 8.67. The van der Waals surface area contributed by atoms with E-state index in [1.54, 1.807) is 7.11 Å². The lowest BCUT2D eigenvalue weighted by atomic mass is 10.1. The third-order valence-corrected chi connectivity index (χ3v) is 4.35. The molecule has 6 heteroatoms. The fourth-order valence-electron chi connectivity index (χ4n) is 2.91. The van der Waals surface area contributed by atoms with Crippen LogP contribution in [0.5, 0.6) is 5.75 Å². The van der Waals surface area contributed by atoms with Crippen molar-refractivity contribution < 1.29 is 9.53 Å². The van der Waals surface area contributed by atoms with Crippen molar-refractivity contribution in [1.29, 1.82) is 0 Å². The zero-order valence-electron chi connectivity index (χ0n) is 15.7. The highest BCUT2D eigenvalue weighted by Crippen LogP contribution is 2.16. The lowest BCUT2D eigenvalue weighted by molar-refractivity contribution is -0.121. The van der Waals surface area contributed by atoms with Crippen molar-refractivity contribution in [1.82, 2.24) is 14.7 Å². The summed E-state index contributed by atoms with van der Waals surface area (Å²) in [6.45, 7) is 7.59. The molecule has 0 fully saturated rings. The molecule has 0 aliphatic rings. The molecule has 0 aliphatic carbocycles. The van der Waals surface area contributed by atoms with Crippen molar-refractivity contribution in [3.05, 3.63) is 41.7 Å². The second-order valence-corrected chi connectivity index (χ2v) is 6.27. The van der Waals surface area contributed by atoms with Crippen LogP contribution in [0.1, 0.15) is 24.7 Å². The Kier molecular flexibility index (Phi) is 6.58. The Labute approximate surface area is 149 Å². The Morgan fingerprint density at radius 2 is 2.00 bits per heavy atom. The molecule has 0 bridgehead atoms. The molecular formula is C19H28N4O2. The first kappa shape index (κ1) is 19.0. The van der Waals surface area contributed by atoms with Gasteiger partial charge in [0.15, 0.2) is 0 Å². The minimum Gasteiger partial charge on any atom is -0.497 e. The van der Waals surface area contributed by atoms with Gasteiger partial charge >= 0.3 is 0 Å². The third kappa shape index (κ3) is 5.06. The van der Waals surface area contributed by atoms with E-state index in [1.165, 1.54) is 0 Å². The number of carbonyl (C=O) groups excluding carboxylic acids is 1. The van der Waals surface area contributed by atoms with Gasteiger partial charge in [0, 0.05) is 17.9 Å². The highest BCUT2D eigenvalue weighted by atomic mass is 16.5. The van der Waals surface area contributed by atoms with Gasteiger partial charge in [-0.05, 0) is 57.6 Å². The zero-order valence-corrected chi connectivity index (χ0v) is 15.7. The number of hydrogen-bond donors (Lipinski definition) is 1. The standard InChI is InChI=1S/C19H28N4O2/c1-6-18(19(24)20-16-7-9-17(25-5)10-8-16)22(4)11-12-23-15(3)13-14(2)21-23/h7-10,13,18H,6,11-12H2,1-5H3,(H,20,24). The quantitative estimate of drug-likeness (QED) is 0.800. The van der Waals surface area contributed by atoms with Crippen molar-refractivity contribution in [2.75, 3.05) is 26.0 Å². The lowest BCUT2D eigenvalue weighted by Crippen LogP contribution is -2.42. The second-order valence-electron chi connectivity index (χ2n) is 6.27. The predicted octanol–water partition coefficient (Wildman–Crippen LogP) is 2.86. The van der Waals surface area contributed by atoms with Crippen LogP contribution in [0, 0.1) is 13.8 Å². The number of rotatable bonds is 8. The SMILES string of the molecule is CCC(C(=O)Nc1ccc(OC)cc1)N(C)CCn1nc(C)cc1C. The van der Waals surface area contributed by atoms with Gasteiger partial charge in [-0.2, -0.15) is 5.10 Å². The van der Waals surface area contributed by atoms with Crippen molar-refractivity contribution in [2.24, 2.45) is 0 Å². The summed E-state index contributed by atoms with van der Waals surface area (Å²) in [6, 6.07) is 9.25. The summed E-state index contributed by atoms with van der Waals surface area (Å²) in [5.41, 5.74) is 2.93. The molecule has 0 spiro atoms. The van der Waals surface area contributed by atoms with E-state index < -0.39 is 0 Å². The molecule has 2 rings (SSSR count). The van der Waals surface area contributed by atoms with Crippen LogP contribution in [-0.4, -0.2) is 47.3 Å². The number of benzene rings is 1. The van der Waals surface area contributed by atoms with Crippen LogP contribution in [-0.2, 0) is 11.3 Å². The Bertz CT molecular complexity index is 694. The molecule has 1 aromatic carbocycles. The van der Waals surface area contributed by atoms with Gasteiger partial charge in [0.2, 0.25) is 5.91 Å². The van der Waals surface area contributed by atoms with Crippen LogP contribution in [0.3, 0.4) is 0 Å². The maximum atomic E-state index is 12.6. The number of ether oxygens (including phenoxy) is 1. The maximum Gasteiger partial charge on any atom is 0.241 e. The first-order valence-electron chi connectivity index (χ1n) is 8.60. The Morgan fingerprint density at radius 1 is 1.32 bits per heavy atom. The van der Waals surface area contributed by atoms with Crippen molar-refractivity contribution in [3.63, 3.8) is 0 Å². The van der Waals surface area contributed by atoms with Crippen LogP contribution < -0.4 is 10.1 Å². The molecule has 25 heavy (non-hydrogen) atoms. The summed E-state index contributed by atoms with van der Waals surface area (Å²) < 4.78 is 7.12. The Hall–Kier alpha value is -2.34. The number of aryl methyl sites for hydroxylation is 2. The first-order chi connectivity index (χ1) is 11.9. The molecule has 0 aliphatic heterocycles. The van der Waals surface area contributed by atoms with Gasteiger partial charge in [0.25, 0.3) is 0 Å². The predicted molar refractivity (Wildman–Crippen MR) is 100 cm³/mol. The van der Waals surface area contributed by atoms with Gasteiger partial charge < -0.3 is 10.1 Å². The van der Waals surface area contributed by atoms with E-state index in [0.29, 0.717) is 0 Å². The topological polar surface area (TPSA) is 59.4 Å². The largest absolute Gasteiger partial charge is 0.497 e. The first-order valence-corrected chi connectivity index (χ1v) is 8.60. The number of nitrogens with zero attached hydrogens (tertiary/aromatic N) is 3. The smallest absolute Gasteiger partial charge is 0.241 e. The summed E-state index contributed by atoms with van der Waals surface area (Å²) in [6.07, 6.45) is 0.746. The summed E-state index contributed by atoms with van der Waals surface area (Å²) in [5.74, 6) is 0.774. The summed E-state index contributed by atoms with van der Waals surface area (Å²) in [4.78, 5) is 14.7. The van der Waals surface area contributed by atoms with Crippen LogP contribution in [0.15, 0.2) is 30.3 Å². The van der Waals surface area contributed by atoms with Crippen LogP contribution in [0.4, 0.5) is 5.69 Å². The minimum atomic E-state index is -0.181.